The van der Waals surface area contributed by atoms with Crippen molar-refractivity contribution in [3.05, 3.63) is 23.8 Å². The molecule has 2 atom stereocenters. The summed E-state index contributed by atoms with van der Waals surface area (Å²) in [6.07, 6.45) is -1.96. The van der Waals surface area contributed by atoms with Gasteiger partial charge in [0, 0.05) is 32.7 Å². The van der Waals surface area contributed by atoms with E-state index >= 15 is 0 Å². The minimum absolute atomic E-state index is 0.108. The summed E-state index contributed by atoms with van der Waals surface area (Å²) in [6.45, 7) is 2.54. The first-order chi connectivity index (χ1) is 14.1. The predicted molar refractivity (Wildman–Crippen MR) is 127 cm³/mol. The molecule has 170 valence electrons. The van der Waals surface area contributed by atoms with Gasteiger partial charge in [-0.25, -0.2) is 0 Å². The molecule has 0 spiro atoms. The fourth-order valence-corrected chi connectivity index (χ4v) is 5.01. The van der Waals surface area contributed by atoms with E-state index in [1.54, 1.807) is 6.92 Å². The molecule has 0 aliphatic heterocycles. The number of nitrogens with one attached hydrogen (secondary N) is 3. The van der Waals surface area contributed by atoms with E-state index in [-0.39, 0.29) is 38.9 Å². The summed E-state index contributed by atoms with van der Waals surface area (Å²) >= 11 is 4.12. The summed E-state index contributed by atoms with van der Waals surface area (Å²) in [5.41, 5.74) is 2.11. The zero-order chi connectivity index (χ0) is 22.8. The lowest BCUT2D eigenvalue weighted by Crippen LogP contribution is -2.35. The van der Waals surface area contributed by atoms with Gasteiger partial charge in [0.05, 0.1) is 50.0 Å². The number of hydrogen-bond acceptors (Lipinski definition) is 8. The lowest BCUT2D eigenvalue weighted by atomic mass is 10.0. The van der Waals surface area contributed by atoms with Gasteiger partial charge in [-0.15, -0.1) is 0 Å². The van der Waals surface area contributed by atoms with Crippen molar-refractivity contribution in [1.82, 2.24) is 10.6 Å². The summed E-state index contributed by atoms with van der Waals surface area (Å²) < 4.78 is 6.96. The number of carbonyl (C=O) groups excluding carboxylic acids is 2. The Morgan fingerprint density at radius 2 is 1.67 bits per heavy atom. The van der Waals surface area contributed by atoms with Crippen molar-refractivity contribution in [2.24, 2.45) is 0 Å². The standard InChI is InChI=1S/C18H27I2N3O7/c1-9-14(18(29)22-4-12(28)6-25)15(19)13(16(20)17(9)23-10(2)26)7-30-8-21-3-11(27)5-24/h11-12,21,24-25,27-28H,3-8H2,1-2H3,(H,22,29)(H,23,26). The van der Waals surface area contributed by atoms with E-state index in [4.69, 9.17) is 14.9 Å². The molecule has 12 heteroatoms. The molecule has 0 aromatic heterocycles. The molecule has 0 saturated heterocycles. The summed E-state index contributed by atoms with van der Waals surface area (Å²) in [6, 6.07) is 0. The average molecular weight is 651 g/mol. The van der Waals surface area contributed by atoms with Crippen LogP contribution in [0.1, 0.15) is 28.4 Å². The van der Waals surface area contributed by atoms with Crippen molar-refractivity contribution in [1.29, 1.82) is 0 Å². The van der Waals surface area contributed by atoms with Crippen LogP contribution in [0.2, 0.25) is 0 Å². The van der Waals surface area contributed by atoms with Gasteiger partial charge in [-0.2, -0.15) is 0 Å². The van der Waals surface area contributed by atoms with E-state index in [2.05, 4.69) is 38.5 Å². The minimum atomic E-state index is -1.08. The fourth-order valence-electron chi connectivity index (χ4n) is 2.45. The van der Waals surface area contributed by atoms with Crippen molar-refractivity contribution < 1.29 is 34.8 Å². The highest BCUT2D eigenvalue weighted by molar-refractivity contribution is 14.1. The lowest BCUT2D eigenvalue weighted by molar-refractivity contribution is -0.114. The van der Waals surface area contributed by atoms with Gasteiger partial charge in [0.15, 0.2) is 0 Å². The van der Waals surface area contributed by atoms with Gasteiger partial charge in [0.25, 0.3) is 5.91 Å². The van der Waals surface area contributed by atoms with Crippen molar-refractivity contribution in [2.45, 2.75) is 32.7 Å². The quantitative estimate of drug-likeness (QED) is 0.0920. The number of ether oxygens (including phenoxy) is 1. The molecule has 0 fully saturated rings. The maximum absolute atomic E-state index is 12.8. The molecule has 7 N–H and O–H groups in total. The van der Waals surface area contributed by atoms with Crippen LogP contribution in [0, 0.1) is 14.1 Å². The Bertz CT molecular complexity index is 749. The van der Waals surface area contributed by atoms with Crippen molar-refractivity contribution in [3.8, 4) is 0 Å². The van der Waals surface area contributed by atoms with Gasteiger partial charge in [-0.1, -0.05) is 0 Å². The first-order valence-electron chi connectivity index (χ1n) is 9.06. The predicted octanol–water partition coefficient (Wildman–Crippen LogP) is -0.337. The number of carbonyl (C=O) groups is 2. The molecule has 0 aliphatic rings. The molecular formula is C18H27I2N3O7. The molecule has 1 aromatic carbocycles. The van der Waals surface area contributed by atoms with Gasteiger partial charge in [-0.3, -0.25) is 14.9 Å². The Labute approximate surface area is 202 Å². The Hall–Kier alpha value is -0.620. The maximum atomic E-state index is 12.8. The number of hydrogen-bond donors (Lipinski definition) is 7. The van der Waals surface area contributed by atoms with E-state index < -0.39 is 24.7 Å². The molecule has 0 heterocycles. The first kappa shape index (κ1) is 27.4. The maximum Gasteiger partial charge on any atom is 0.252 e. The molecule has 1 aromatic rings. The second-order valence-electron chi connectivity index (χ2n) is 6.49. The van der Waals surface area contributed by atoms with Crippen LogP contribution in [0.5, 0.6) is 0 Å². The highest BCUT2D eigenvalue weighted by Crippen LogP contribution is 2.34. The van der Waals surface area contributed by atoms with Crippen LogP contribution in [0.3, 0.4) is 0 Å². The number of aliphatic hydroxyl groups is 4. The average Bonchev–Trinajstić information content (AvgIpc) is 2.70. The molecular weight excluding hydrogens is 624 g/mol. The molecule has 30 heavy (non-hydrogen) atoms. The van der Waals surface area contributed by atoms with Gasteiger partial charge in [0.2, 0.25) is 5.91 Å². The molecule has 10 nitrogen and oxygen atoms in total. The summed E-state index contributed by atoms with van der Waals surface area (Å²) in [4.78, 5) is 24.4. The van der Waals surface area contributed by atoms with E-state index in [0.29, 0.717) is 25.9 Å². The zero-order valence-electron chi connectivity index (χ0n) is 16.7. The number of rotatable bonds is 12. The van der Waals surface area contributed by atoms with Crippen LogP contribution in [0.15, 0.2) is 0 Å². The molecule has 0 saturated carbocycles. The third kappa shape index (κ3) is 8.14. The van der Waals surface area contributed by atoms with Gasteiger partial charge in [0.1, 0.15) is 0 Å². The van der Waals surface area contributed by atoms with E-state index in [0.717, 1.165) is 3.57 Å². The van der Waals surface area contributed by atoms with Crippen molar-refractivity contribution >= 4 is 62.7 Å². The fraction of sp³-hybridized carbons (Fsp3) is 0.556. The van der Waals surface area contributed by atoms with Crippen LogP contribution in [0.25, 0.3) is 0 Å². The third-order valence-corrected chi connectivity index (χ3v) is 6.38. The van der Waals surface area contributed by atoms with Crippen LogP contribution in [-0.2, 0) is 16.1 Å². The van der Waals surface area contributed by atoms with Crippen LogP contribution in [0.4, 0.5) is 5.69 Å². The Morgan fingerprint density at radius 3 is 2.23 bits per heavy atom. The SMILES string of the molecule is CC(=O)Nc1c(C)c(C(=O)NCC(O)CO)c(I)c(COCNCC(O)CO)c1I. The van der Waals surface area contributed by atoms with Gasteiger partial charge in [-0.05, 0) is 57.7 Å². The van der Waals surface area contributed by atoms with E-state index in [1.807, 2.05) is 22.6 Å². The highest BCUT2D eigenvalue weighted by atomic mass is 127. The van der Waals surface area contributed by atoms with Crippen LogP contribution < -0.4 is 16.0 Å². The zero-order valence-corrected chi connectivity index (χ0v) is 21.0. The number of amides is 2. The Balaban J connectivity index is 3.13. The van der Waals surface area contributed by atoms with Crippen molar-refractivity contribution in [2.75, 3.05) is 38.4 Å². The van der Waals surface area contributed by atoms with Crippen molar-refractivity contribution in [3.63, 3.8) is 0 Å². The smallest absolute Gasteiger partial charge is 0.252 e. The number of halogens is 2. The topological polar surface area (TPSA) is 160 Å². The third-order valence-electron chi connectivity index (χ3n) is 4.00. The first-order valence-corrected chi connectivity index (χ1v) is 11.2. The normalized spacial score (nSPS) is 13.1. The molecule has 0 aliphatic carbocycles. The van der Waals surface area contributed by atoms with Gasteiger partial charge >= 0.3 is 0 Å². The second-order valence-corrected chi connectivity index (χ2v) is 8.65. The van der Waals surface area contributed by atoms with Gasteiger partial charge < -0.3 is 35.8 Å². The Morgan fingerprint density at radius 1 is 1.07 bits per heavy atom. The molecule has 0 bridgehead atoms. The lowest BCUT2D eigenvalue weighted by Gasteiger charge is -2.21. The highest BCUT2D eigenvalue weighted by Gasteiger charge is 2.24. The van der Waals surface area contributed by atoms with Crippen LogP contribution in [-0.4, -0.2) is 77.5 Å². The van der Waals surface area contributed by atoms with E-state index in [1.165, 1.54) is 6.92 Å². The monoisotopic (exact) mass is 651 g/mol. The summed E-state index contributed by atoms with van der Waals surface area (Å²) in [7, 11) is 0. The van der Waals surface area contributed by atoms with E-state index in [9.17, 15) is 19.8 Å². The Kier molecular flexibility index (Phi) is 12.5. The molecule has 1 rings (SSSR count). The number of benzene rings is 1. The minimum Gasteiger partial charge on any atom is -0.394 e. The second kappa shape index (κ2) is 13.7. The molecule has 2 unspecified atom stereocenters. The number of anilines is 1. The largest absolute Gasteiger partial charge is 0.394 e. The summed E-state index contributed by atoms with van der Waals surface area (Å²) in [5.74, 6) is -0.733. The van der Waals surface area contributed by atoms with Crippen LogP contribution >= 0.6 is 45.2 Å². The molecule has 0 radical (unpaired) electrons. The molecule has 2 amide bonds. The number of aliphatic hydroxyl groups excluding tert-OH is 4. The summed E-state index contributed by atoms with van der Waals surface area (Å²) in [5, 5.41) is 44.8.